The van der Waals surface area contributed by atoms with Gasteiger partial charge in [0, 0.05) is 25.7 Å². The van der Waals surface area contributed by atoms with Crippen molar-refractivity contribution in [3.63, 3.8) is 0 Å². The van der Waals surface area contributed by atoms with Gasteiger partial charge in [0.25, 0.3) is 5.91 Å². The molecule has 3 N–H and O–H groups in total. The summed E-state index contributed by atoms with van der Waals surface area (Å²) in [6, 6.07) is 4.12. The van der Waals surface area contributed by atoms with E-state index in [2.05, 4.69) is 41.7 Å². The topological polar surface area (TPSA) is 65.5 Å². The van der Waals surface area contributed by atoms with Crippen molar-refractivity contribution >= 4 is 47.2 Å². The second-order valence-electron chi connectivity index (χ2n) is 4.80. The maximum absolute atomic E-state index is 11.7. The lowest BCUT2D eigenvalue weighted by Crippen LogP contribution is -2.42. The fraction of sp³-hybridized carbons (Fsp3) is 0.600. The largest absolute Gasteiger partial charge is 0.357 e. The first-order valence-corrected chi connectivity index (χ1v) is 8.41. The highest BCUT2D eigenvalue weighted by Gasteiger charge is 2.05. The maximum Gasteiger partial charge on any atom is 0.261 e. The average molecular weight is 438 g/mol. The van der Waals surface area contributed by atoms with Crippen molar-refractivity contribution in [2.45, 2.75) is 39.7 Å². The highest BCUT2D eigenvalue weighted by atomic mass is 127. The van der Waals surface area contributed by atoms with E-state index in [1.54, 1.807) is 0 Å². The second kappa shape index (κ2) is 12.7. The Bertz CT molecular complexity index is 437. The van der Waals surface area contributed by atoms with E-state index < -0.39 is 0 Å². The van der Waals surface area contributed by atoms with E-state index in [1.807, 2.05) is 17.5 Å². The van der Waals surface area contributed by atoms with E-state index >= 15 is 0 Å². The number of guanidine groups is 1. The van der Waals surface area contributed by atoms with Crippen LogP contribution in [0.2, 0.25) is 0 Å². The van der Waals surface area contributed by atoms with Crippen LogP contribution in [0.15, 0.2) is 22.5 Å². The second-order valence-corrected chi connectivity index (χ2v) is 5.75. The normalized spacial score (nSPS) is 12.2. The Morgan fingerprint density at radius 2 is 2.14 bits per heavy atom. The summed E-state index contributed by atoms with van der Waals surface area (Å²) < 4.78 is 0. The van der Waals surface area contributed by atoms with Gasteiger partial charge in [-0.1, -0.05) is 13.0 Å². The lowest BCUT2D eigenvalue weighted by Gasteiger charge is -2.16. The van der Waals surface area contributed by atoms with Crippen molar-refractivity contribution < 1.29 is 4.79 Å². The summed E-state index contributed by atoms with van der Waals surface area (Å²) in [6.07, 6.45) is 1.88. The molecule has 1 rings (SSSR count). The zero-order valence-electron chi connectivity index (χ0n) is 13.5. The Morgan fingerprint density at radius 3 is 2.73 bits per heavy atom. The zero-order chi connectivity index (χ0) is 15.5. The predicted octanol–water partition coefficient (Wildman–Crippen LogP) is 2.84. The molecule has 5 nitrogen and oxygen atoms in total. The van der Waals surface area contributed by atoms with Crippen molar-refractivity contribution in [1.29, 1.82) is 0 Å². The quantitative estimate of drug-likeness (QED) is 0.253. The van der Waals surface area contributed by atoms with E-state index in [0.29, 0.717) is 19.1 Å². The van der Waals surface area contributed by atoms with Crippen LogP contribution in [0.3, 0.4) is 0 Å². The average Bonchev–Trinajstić information content (AvgIpc) is 3.00. The molecular formula is C15H27IN4OS. The molecule has 0 saturated carbocycles. The molecule has 1 atom stereocenters. The SMILES string of the molecule is CCNC(=NCCCNC(=O)c1cccs1)NC(C)CC.I. The Morgan fingerprint density at radius 1 is 1.36 bits per heavy atom. The number of nitrogens with one attached hydrogen (secondary N) is 3. The Hall–Kier alpha value is -0.830. The van der Waals surface area contributed by atoms with Gasteiger partial charge in [-0.2, -0.15) is 0 Å². The van der Waals surface area contributed by atoms with Gasteiger partial charge in [-0.15, -0.1) is 35.3 Å². The van der Waals surface area contributed by atoms with Crippen molar-refractivity contribution in [1.82, 2.24) is 16.0 Å². The number of carbonyl (C=O) groups is 1. The molecule has 0 spiro atoms. The molecule has 0 saturated heterocycles. The lowest BCUT2D eigenvalue weighted by atomic mass is 10.3. The molecule has 1 aromatic heterocycles. The molecular weight excluding hydrogens is 411 g/mol. The van der Waals surface area contributed by atoms with Crippen LogP contribution in [0.1, 0.15) is 43.3 Å². The van der Waals surface area contributed by atoms with Crippen molar-refractivity contribution in [2.24, 2.45) is 4.99 Å². The summed E-state index contributed by atoms with van der Waals surface area (Å²) in [7, 11) is 0. The van der Waals surface area contributed by atoms with Gasteiger partial charge in [-0.3, -0.25) is 9.79 Å². The monoisotopic (exact) mass is 438 g/mol. The molecule has 0 radical (unpaired) electrons. The first-order valence-electron chi connectivity index (χ1n) is 7.53. The standard InChI is InChI=1S/C15H26N4OS.HI/c1-4-12(3)19-15(16-5-2)18-10-7-9-17-14(20)13-8-6-11-21-13;/h6,8,11-12H,4-5,7,9-10H2,1-3H3,(H,17,20)(H2,16,18,19);1H. The van der Waals surface area contributed by atoms with Crippen LogP contribution >= 0.6 is 35.3 Å². The Kier molecular flexibility index (Phi) is 12.2. The van der Waals surface area contributed by atoms with Crippen molar-refractivity contribution in [3.05, 3.63) is 22.4 Å². The fourth-order valence-electron chi connectivity index (χ4n) is 1.62. The van der Waals surface area contributed by atoms with Crippen molar-refractivity contribution in [2.75, 3.05) is 19.6 Å². The number of carbonyl (C=O) groups excluding carboxylic acids is 1. The predicted molar refractivity (Wildman–Crippen MR) is 106 cm³/mol. The number of thiophene rings is 1. The highest BCUT2D eigenvalue weighted by molar-refractivity contribution is 14.0. The molecule has 1 aromatic rings. The van der Waals surface area contributed by atoms with Crippen LogP contribution in [-0.4, -0.2) is 37.5 Å². The number of aliphatic imine (C=N–C) groups is 1. The molecule has 22 heavy (non-hydrogen) atoms. The molecule has 0 fully saturated rings. The van der Waals surface area contributed by atoms with Crippen molar-refractivity contribution in [3.8, 4) is 0 Å². The number of amides is 1. The minimum Gasteiger partial charge on any atom is -0.357 e. The van der Waals surface area contributed by atoms with Crippen LogP contribution in [0, 0.1) is 0 Å². The van der Waals surface area contributed by atoms with Crippen LogP contribution in [-0.2, 0) is 0 Å². The third-order valence-corrected chi connectivity index (χ3v) is 3.84. The summed E-state index contributed by atoms with van der Waals surface area (Å²) >= 11 is 1.46. The van der Waals surface area contributed by atoms with E-state index in [9.17, 15) is 4.79 Å². The molecule has 7 heteroatoms. The van der Waals surface area contributed by atoms with Gasteiger partial charge in [0.2, 0.25) is 0 Å². The molecule has 0 aliphatic carbocycles. The summed E-state index contributed by atoms with van der Waals surface area (Å²) in [5.74, 6) is 0.843. The molecule has 0 bridgehead atoms. The zero-order valence-corrected chi connectivity index (χ0v) is 16.7. The first-order chi connectivity index (χ1) is 10.2. The summed E-state index contributed by atoms with van der Waals surface area (Å²) in [5.41, 5.74) is 0. The van der Waals surface area contributed by atoms with Crippen LogP contribution in [0.5, 0.6) is 0 Å². The first kappa shape index (κ1) is 21.2. The van der Waals surface area contributed by atoms with Gasteiger partial charge in [0.15, 0.2) is 5.96 Å². The molecule has 1 amide bonds. The van der Waals surface area contributed by atoms with Gasteiger partial charge < -0.3 is 16.0 Å². The van der Waals surface area contributed by atoms with E-state index in [-0.39, 0.29) is 29.9 Å². The van der Waals surface area contributed by atoms with E-state index in [0.717, 1.165) is 30.2 Å². The van der Waals surface area contributed by atoms with Crippen LogP contribution in [0.25, 0.3) is 0 Å². The third kappa shape index (κ3) is 8.57. The third-order valence-electron chi connectivity index (χ3n) is 2.98. The highest BCUT2D eigenvalue weighted by Crippen LogP contribution is 2.07. The fourth-order valence-corrected chi connectivity index (χ4v) is 2.26. The van der Waals surface area contributed by atoms with Gasteiger partial charge in [-0.25, -0.2) is 0 Å². The summed E-state index contributed by atoms with van der Waals surface area (Å²) in [4.78, 5) is 17.0. The van der Waals surface area contributed by atoms with Crippen LogP contribution in [0.4, 0.5) is 0 Å². The minimum atomic E-state index is -0.00128. The maximum atomic E-state index is 11.7. The molecule has 1 unspecified atom stereocenters. The Labute approximate surface area is 154 Å². The smallest absolute Gasteiger partial charge is 0.261 e. The molecule has 0 aliphatic heterocycles. The number of hydrogen-bond acceptors (Lipinski definition) is 3. The van der Waals surface area contributed by atoms with Gasteiger partial charge >= 0.3 is 0 Å². The number of rotatable bonds is 8. The molecule has 0 aliphatic rings. The molecule has 126 valence electrons. The van der Waals surface area contributed by atoms with Gasteiger partial charge in [0.05, 0.1) is 4.88 Å². The number of hydrogen-bond donors (Lipinski definition) is 3. The van der Waals surface area contributed by atoms with Gasteiger partial charge in [-0.05, 0) is 38.1 Å². The Balaban J connectivity index is 0.00000441. The summed E-state index contributed by atoms with van der Waals surface area (Å²) in [5, 5.41) is 11.4. The van der Waals surface area contributed by atoms with E-state index in [4.69, 9.17) is 0 Å². The summed E-state index contributed by atoms with van der Waals surface area (Å²) in [6.45, 7) is 8.50. The minimum absolute atomic E-state index is 0. The molecule has 1 heterocycles. The van der Waals surface area contributed by atoms with Crippen LogP contribution < -0.4 is 16.0 Å². The number of halogens is 1. The lowest BCUT2D eigenvalue weighted by molar-refractivity contribution is 0.0957. The van der Waals surface area contributed by atoms with E-state index in [1.165, 1.54) is 11.3 Å². The number of nitrogens with zero attached hydrogens (tertiary/aromatic N) is 1. The van der Waals surface area contributed by atoms with Gasteiger partial charge in [0.1, 0.15) is 0 Å². The molecule has 0 aromatic carbocycles.